The fraction of sp³-hybridized carbons (Fsp3) is 0.455. The van der Waals surface area contributed by atoms with Crippen molar-refractivity contribution in [1.82, 2.24) is 0 Å². The lowest BCUT2D eigenvalue weighted by Gasteiger charge is -2.08. The number of aliphatic hydroxyl groups excluding tert-OH is 1. The molecule has 0 fully saturated rings. The highest BCUT2D eigenvalue weighted by Gasteiger charge is 2.02. The van der Waals surface area contributed by atoms with Gasteiger partial charge in [0.2, 0.25) is 0 Å². The van der Waals surface area contributed by atoms with Gasteiger partial charge in [0.15, 0.2) is 0 Å². The van der Waals surface area contributed by atoms with Gasteiger partial charge in [-0.05, 0) is 17.5 Å². The van der Waals surface area contributed by atoms with Gasteiger partial charge in [-0.15, -0.1) is 0 Å². The van der Waals surface area contributed by atoms with Crippen molar-refractivity contribution in [3.63, 3.8) is 0 Å². The van der Waals surface area contributed by atoms with Crippen LogP contribution in [0, 0.1) is 0 Å². The Morgan fingerprint density at radius 3 is 2.75 bits per heavy atom. The Hall–Kier alpha value is -0.820. The van der Waals surface area contributed by atoms with Crippen LogP contribution >= 0.6 is 0 Å². The van der Waals surface area contributed by atoms with Crippen LogP contribution in [0.25, 0.3) is 0 Å². The zero-order valence-corrected chi connectivity index (χ0v) is 7.75. The molecule has 1 nitrogen and oxygen atoms in total. The van der Waals surface area contributed by atoms with E-state index in [0.29, 0.717) is 0 Å². The van der Waals surface area contributed by atoms with E-state index in [-0.39, 0.29) is 12.5 Å². The van der Waals surface area contributed by atoms with Gasteiger partial charge in [-0.2, -0.15) is 0 Å². The van der Waals surface area contributed by atoms with Crippen molar-refractivity contribution >= 4 is 0 Å². The summed E-state index contributed by atoms with van der Waals surface area (Å²) >= 11 is 0. The lowest BCUT2D eigenvalue weighted by molar-refractivity contribution is 0.273. The molecule has 0 heterocycles. The molecule has 0 aliphatic heterocycles. The van der Waals surface area contributed by atoms with Crippen molar-refractivity contribution in [2.75, 3.05) is 6.61 Å². The number of aryl methyl sites for hydroxylation is 1. The van der Waals surface area contributed by atoms with Crippen molar-refractivity contribution in [3.8, 4) is 0 Å². The highest BCUT2D eigenvalue weighted by Crippen LogP contribution is 2.15. The van der Waals surface area contributed by atoms with Crippen LogP contribution in [0.5, 0.6) is 0 Å². The van der Waals surface area contributed by atoms with E-state index < -0.39 is 0 Å². The summed E-state index contributed by atoms with van der Waals surface area (Å²) in [5.74, 6) is 0.261. The third-order valence-corrected chi connectivity index (χ3v) is 2.20. The minimum atomic E-state index is 0.229. The lowest BCUT2D eigenvalue weighted by atomic mass is 9.99. The van der Waals surface area contributed by atoms with Gasteiger partial charge in [0.1, 0.15) is 0 Å². The number of rotatable bonds is 3. The third-order valence-electron chi connectivity index (χ3n) is 2.20. The number of hydrogen-bond donors (Lipinski definition) is 1. The van der Waals surface area contributed by atoms with Crippen LogP contribution in [0.1, 0.15) is 30.9 Å². The summed E-state index contributed by atoms with van der Waals surface area (Å²) in [5, 5.41) is 8.95. The molecule has 0 aliphatic carbocycles. The molecule has 0 radical (unpaired) electrons. The van der Waals surface area contributed by atoms with Gasteiger partial charge < -0.3 is 5.11 Å². The average molecular weight is 164 g/mol. The van der Waals surface area contributed by atoms with Crippen LogP contribution in [-0.2, 0) is 6.42 Å². The number of aliphatic hydroxyl groups is 1. The molecule has 0 amide bonds. The largest absolute Gasteiger partial charge is 0.396 e. The van der Waals surface area contributed by atoms with Crippen LogP contribution in [0.4, 0.5) is 0 Å². The Kier molecular flexibility index (Phi) is 3.30. The van der Waals surface area contributed by atoms with Gasteiger partial charge in [0.25, 0.3) is 0 Å². The van der Waals surface area contributed by atoms with E-state index in [1.807, 2.05) is 6.92 Å². The normalized spacial score (nSPS) is 12.9. The quantitative estimate of drug-likeness (QED) is 0.727. The molecule has 66 valence electrons. The van der Waals surface area contributed by atoms with Crippen molar-refractivity contribution < 1.29 is 5.11 Å². The molecular formula is C11H16O. The summed E-state index contributed by atoms with van der Waals surface area (Å²) in [6.45, 7) is 4.41. The molecule has 1 atom stereocenters. The Bertz CT molecular complexity index is 243. The summed E-state index contributed by atoms with van der Waals surface area (Å²) in [6, 6.07) is 8.41. The summed E-state index contributed by atoms with van der Waals surface area (Å²) in [5.41, 5.74) is 2.57. The molecule has 0 aliphatic rings. The van der Waals surface area contributed by atoms with E-state index in [9.17, 15) is 0 Å². The van der Waals surface area contributed by atoms with E-state index in [1.54, 1.807) is 0 Å². The SMILES string of the molecule is CCc1cccc([C@@H](C)CO)c1. The molecule has 0 unspecified atom stereocenters. The minimum Gasteiger partial charge on any atom is -0.396 e. The van der Waals surface area contributed by atoms with Crippen LogP contribution in [0.2, 0.25) is 0 Å². The fourth-order valence-electron chi connectivity index (χ4n) is 1.22. The van der Waals surface area contributed by atoms with E-state index in [2.05, 4.69) is 31.2 Å². The Morgan fingerprint density at radius 2 is 2.17 bits per heavy atom. The molecule has 1 aromatic carbocycles. The van der Waals surface area contributed by atoms with Gasteiger partial charge in [0, 0.05) is 12.5 Å². The van der Waals surface area contributed by atoms with Crippen molar-refractivity contribution in [2.45, 2.75) is 26.2 Å². The Balaban J connectivity index is 2.86. The predicted octanol–water partition coefficient (Wildman–Crippen LogP) is 2.34. The molecule has 1 aromatic rings. The molecule has 0 spiro atoms. The summed E-state index contributed by atoms with van der Waals surface area (Å²) in [6.07, 6.45) is 1.06. The monoisotopic (exact) mass is 164 g/mol. The maximum Gasteiger partial charge on any atom is 0.0497 e. The van der Waals surface area contributed by atoms with Gasteiger partial charge in [-0.25, -0.2) is 0 Å². The average Bonchev–Trinajstić information content (AvgIpc) is 2.17. The van der Waals surface area contributed by atoms with Gasteiger partial charge in [0.05, 0.1) is 0 Å². The van der Waals surface area contributed by atoms with Crippen LogP contribution < -0.4 is 0 Å². The lowest BCUT2D eigenvalue weighted by Crippen LogP contribution is -1.99. The number of benzene rings is 1. The molecule has 12 heavy (non-hydrogen) atoms. The van der Waals surface area contributed by atoms with E-state index >= 15 is 0 Å². The summed E-state index contributed by atoms with van der Waals surface area (Å²) in [4.78, 5) is 0. The minimum absolute atomic E-state index is 0.229. The molecule has 0 saturated carbocycles. The van der Waals surface area contributed by atoms with E-state index in [0.717, 1.165) is 6.42 Å². The summed E-state index contributed by atoms with van der Waals surface area (Å²) in [7, 11) is 0. The second-order valence-corrected chi connectivity index (χ2v) is 3.18. The van der Waals surface area contributed by atoms with E-state index in [4.69, 9.17) is 5.11 Å². The molecule has 0 bridgehead atoms. The maximum absolute atomic E-state index is 8.95. The highest BCUT2D eigenvalue weighted by atomic mass is 16.3. The first-order valence-electron chi connectivity index (χ1n) is 4.47. The molecule has 0 aromatic heterocycles. The molecular weight excluding hydrogens is 148 g/mol. The van der Waals surface area contributed by atoms with Crippen molar-refractivity contribution in [1.29, 1.82) is 0 Å². The Morgan fingerprint density at radius 1 is 1.42 bits per heavy atom. The Labute approximate surface area is 74.1 Å². The molecule has 1 heteroatoms. The standard InChI is InChI=1S/C11H16O/c1-3-10-5-4-6-11(7-10)9(2)8-12/h4-7,9,12H,3,8H2,1-2H3/t9-/m0/s1. The first-order chi connectivity index (χ1) is 5.77. The molecule has 1 N–H and O–H groups in total. The third kappa shape index (κ3) is 2.08. The van der Waals surface area contributed by atoms with Crippen LogP contribution in [0.15, 0.2) is 24.3 Å². The van der Waals surface area contributed by atoms with Crippen molar-refractivity contribution in [2.24, 2.45) is 0 Å². The van der Waals surface area contributed by atoms with Crippen molar-refractivity contribution in [3.05, 3.63) is 35.4 Å². The number of hydrogen-bond acceptors (Lipinski definition) is 1. The topological polar surface area (TPSA) is 20.2 Å². The second kappa shape index (κ2) is 4.27. The zero-order valence-electron chi connectivity index (χ0n) is 7.75. The first-order valence-corrected chi connectivity index (χ1v) is 4.47. The fourth-order valence-corrected chi connectivity index (χ4v) is 1.22. The van der Waals surface area contributed by atoms with Gasteiger partial charge >= 0.3 is 0 Å². The first kappa shape index (κ1) is 9.27. The smallest absolute Gasteiger partial charge is 0.0497 e. The van der Waals surface area contributed by atoms with Gasteiger partial charge in [-0.1, -0.05) is 38.1 Å². The van der Waals surface area contributed by atoms with Crippen LogP contribution in [-0.4, -0.2) is 11.7 Å². The second-order valence-electron chi connectivity index (χ2n) is 3.18. The van der Waals surface area contributed by atoms with E-state index in [1.165, 1.54) is 11.1 Å². The maximum atomic E-state index is 8.95. The van der Waals surface area contributed by atoms with Gasteiger partial charge in [-0.3, -0.25) is 0 Å². The predicted molar refractivity (Wildman–Crippen MR) is 51.3 cm³/mol. The molecule has 1 rings (SSSR count). The highest BCUT2D eigenvalue weighted by molar-refractivity contribution is 5.25. The zero-order chi connectivity index (χ0) is 8.97. The van der Waals surface area contributed by atoms with Crippen LogP contribution in [0.3, 0.4) is 0 Å². The summed E-state index contributed by atoms with van der Waals surface area (Å²) < 4.78 is 0. The molecule has 0 saturated heterocycles.